The van der Waals surface area contributed by atoms with Crippen molar-refractivity contribution in [2.45, 2.75) is 18.7 Å². The van der Waals surface area contributed by atoms with E-state index in [1.807, 2.05) is 13.0 Å². The Kier molecular flexibility index (Phi) is 4.53. The van der Waals surface area contributed by atoms with E-state index in [0.29, 0.717) is 17.1 Å². The number of anilines is 1. The van der Waals surface area contributed by atoms with Crippen LogP contribution in [0.15, 0.2) is 53.4 Å². The Balaban J connectivity index is 2.06. The smallest absolute Gasteiger partial charge is 0.264 e. The maximum Gasteiger partial charge on any atom is 0.264 e. The van der Waals surface area contributed by atoms with Crippen LogP contribution in [0.4, 0.5) is 5.69 Å². The molecular weight excluding hydrogens is 356 g/mol. The molecule has 3 rings (SSSR count). The second-order valence-corrected chi connectivity index (χ2v) is 8.63. The van der Waals surface area contributed by atoms with Crippen molar-refractivity contribution in [1.29, 1.82) is 0 Å². The second-order valence-electron chi connectivity index (χ2n) is 5.68. The van der Waals surface area contributed by atoms with Crippen molar-refractivity contribution < 1.29 is 13.2 Å². The maximum atomic E-state index is 13.0. The zero-order chi connectivity index (χ0) is 18.2. The number of hydrogen-bond acceptors (Lipinski definition) is 4. The van der Waals surface area contributed by atoms with Crippen LogP contribution in [0, 0.1) is 6.92 Å². The summed E-state index contributed by atoms with van der Waals surface area (Å²) in [4.78, 5) is 12.1. The number of benzene rings is 2. The third kappa shape index (κ3) is 3.25. The molecule has 0 fully saturated rings. The van der Waals surface area contributed by atoms with Crippen molar-refractivity contribution in [2.75, 3.05) is 10.8 Å². The lowest BCUT2D eigenvalue weighted by molar-refractivity contribution is 0.100. The van der Waals surface area contributed by atoms with Crippen LogP contribution in [0.2, 0.25) is 0 Å². The molecule has 0 radical (unpaired) electrons. The molecule has 1 heterocycles. The number of amides is 1. The van der Waals surface area contributed by atoms with Crippen molar-refractivity contribution >= 4 is 43.0 Å². The van der Waals surface area contributed by atoms with Gasteiger partial charge in [0.2, 0.25) is 0 Å². The first kappa shape index (κ1) is 17.4. The van der Waals surface area contributed by atoms with Gasteiger partial charge in [-0.1, -0.05) is 17.7 Å². The van der Waals surface area contributed by atoms with Gasteiger partial charge < -0.3 is 5.73 Å². The highest BCUT2D eigenvalue weighted by Gasteiger charge is 2.24. The number of nitrogens with zero attached hydrogens (tertiary/aromatic N) is 1. The van der Waals surface area contributed by atoms with Gasteiger partial charge >= 0.3 is 0 Å². The van der Waals surface area contributed by atoms with Crippen LogP contribution >= 0.6 is 11.3 Å². The van der Waals surface area contributed by atoms with Crippen molar-refractivity contribution in [1.82, 2.24) is 0 Å². The van der Waals surface area contributed by atoms with Crippen molar-refractivity contribution in [3.63, 3.8) is 0 Å². The van der Waals surface area contributed by atoms with Crippen molar-refractivity contribution in [2.24, 2.45) is 5.73 Å². The summed E-state index contributed by atoms with van der Waals surface area (Å²) >= 11 is 1.30. The van der Waals surface area contributed by atoms with Crippen molar-refractivity contribution in [3.8, 4) is 0 Å². The highest BCUT2D eigenvalue weighted by atomic mass is 32.2. The number of carbonyl (C=O) groups excluding carboxylic acids is 1. The first-order valence-corrected chi connectivity index (χ1v) is 10.0. The fraction of sp³-hybridized carbons (Fsp3) is 0.167. The number of primary amides is 1. The fourth-order valence-electron chi connectivity index (χ4n) is 2.64. The molecule has 1 aromatic heterocycles. The average Bonchev–Trinajstić information content (AvgIpc) is 2.99. The van der Waals surface area contributed by atoms with E-state index >= 15 is 0 Å². The van der Waals surface area contributed by atoms with E-state index in [0.717, 1.165) is 15.6 Å². The van der Waals surface area contributed by atoms with E-state index in [-0.39, 0.29) is 4.90 Å². The Morgan fingerprint density at radius 3 is 2.40 bits per heavy atom. The van der Waals surface area contributed by atoms with Crippen LogP contribution in [0.3, 0.4) is 0 Å². The summed E-state index contributed by atoms with van der Waals surface area (Å²) in [6.07, 6.45) is 0. The molecule has 0 aliphatic heterocycles. The fourth-order valence-corrected chi connectivity index (χ4v) is 5.00. The zero-order valence-corrected chi connectivity index (χ0v) is 15.5. The van der Waals surface area contributed by atoms with Crippen LogP contribution in [0.5, 0.6) is 0 Å². The van der Waals surface area contributed by atoms with Crippen LogP contribution in [0.25, 0.3) is 10.1 Å². The molecule has 0 saturated heterocycles. The van der Waals surface area contributed by atoms with E-state index < -0.39 is 15.9 Å². The third-order valence-corrected chi connectivity index (χ3v) is 6.97. The first-order chi connectivity index (χ1) is 11.8. The highest BCUT2D eigenvalue weighted by Crippen LogP contribution is 2.31. The van der Waals surface area contributed by atoms with E-state index in [1.54, 1.807) is 49.4 Å². The molecule has 2 N–H and O–H groups in total. The summed E-state index contributed by atoms with van der Waals surface area (Å²) in [7, 11) is -3.65. The Morgan fingerprint density at radius 1 is 1.12 bits per heavy atom. The molecule has 0 spiro atoms. The monoisotopic (exact) mass is 374 g/mol. The number of carbonyl (C=O) groups is 1. The lowest BCUT2D eigenvalue weighted by Crippen LogP contribution is -2.30. The summed E-state index contributed by atoms with van der Waals surface area (Å²) in [5.74, 6) is -0.484. The first-order valence-electron chi connectivity index (χ1n) is 7.75. The van der Waals surface area contributed by atoms with Crippen molar-refractivity contribution in [3.05, 3.63) is 59.0 Å². The molecule has 1 amide bonds. The van der Waals surface area contributed by atoms with E-state index in [4.69, 9.17) is 5.73 Å². The Bertz CT molecular complexity index is 1040. The largest absolute Gasteiger partial charge is 0.365 e. The van der Waals surface area contributed by atoms with Gasteiger partial charge in [-0.3, -0.25) is 9.10 Å². The molecule has 2 aromatic carbocycles. The summed E-state index contributed by atoms with van der Waals surface area (Å²) < 4.78 is 28.2. The Labute approximate surface area is 150 Å². The number of aryl methyl sites for hydroxylation is 1. The lowest BCUT2D eigenvalue weighted by atomic mass is 10.2. The molecular formula is C18H18N2O3S2. The van der Waals surface area contributed by atoms with Gasteiger partial charge in [-0.25, -0.2) is 8.42 Å². The number of rotatable bonds is 5. The maximum absolute atomic E-state index is 13.0. The van der Waals surface area contributed by atoms with Crippen LogP contribution in [-0.4, -0.2) is 20.9 Å². The van der Waals surface area contributed by atoms with Gasteiger partial charge in [0.15, 0.2) is 0 Å². The minimum Gasteiger partial charge on any atom is -0.365 e. The molecule has 0 aliphatic rings. The zero-order valence-electron chi connectivity index (χ0n) is 13.9. The van der Waals surface area contributed by atoms with Gasteiger partial charge in [-0.2, -0.15) is 0 Å². The number of fused-ring (bicyclic) bond motifs is 1. The topological polar surface area (TPSA) is 80.5 Å². The van der Waals surface area contributed by atoms with Gasteiger partial charge in [0.05, 0.1) is 15.5 Å². The molecule has 7 heteroatoms. The van der Waals surface area contributed by atoms with Gasteiger partial charge in [0.1, 0.15) is 0 Å². The molecule has 0 atom stereocenters. The second kappa shape index (κ2) is 6.50. The minimum absolute atomic E-state index is 0.253. The van der Waals surface area contributed by atoms with Gasteiger partial charge in [-0.05, 0) is 55.6 Å². The normalized spacial score (nSPS) is 11.6. The molecule has 5 nitrogen and oxygen atoms in total. The summed E-state index contributed by atoms with van der Waals surface area (Å²) in [6.45, 7) is 4.00. The molecule has 0 unspecified atom stereocenters. The quantitative estimate of drug-likeness (QED) is 0.742. The van der Waals surface area contributed by atoms with Gasteiger partial charge in [-0.15, -0.1) is 11.3 Å². The van der Waals surface area contributed by atoms with E-state index in [1.165, 1.54) is 15.6 Å². The molecule has 0 saturated carbocycles. The highest BCUT2D eigenvalue weighted by molar-refractivity contribution is 7.92. The van der Waals surface area contributed by atoms with Crippen LogP contribution < -0.4 is 10.0 Å². The number of nitrogens with two attached hydrogens (primary N) is 1. The molecule has 25 heavy (non-hydrogen) atoms. The van der Waals surface area contributed by atoms with Gasteiger partial charge in [0.25, 0.3) is 15.9 Å². The summed E-state index contributed by atoms with van der Waals surface area (Å²) in [5, 5.41) is 0.800. The third-order valence-electron chi connectivity index (χ3n) is 3.93. The summed E-state index contributed by atoms with van der Waals surface area (Å²) in [5.41, 5.74) is 6.88. The average molecular weight is 374 g/mol. The molecule has 130 valence electrons. The Hall–Kier alpha value is -2.38. The summed E-state index contributed by atoms with van der Waals surface area (Å²) in [6, 6.07) is 13.8. The predicted molar refractivity (Wildman–Crippen MR) is 102 cm³/mol. The number of thiophene rings is 1. The standard InChI is InChI=1S/C18H18N2O3S2/c1-3-20(25(22,23)15-7-4-12(2)5-8-15)14-6-9-16-13(10-14)11-17(24-16)18(19)21/h4-11H,3H2,1-2H3,(H2,19,21). The van der Waals surface area contributed by atoms with Gasteiger partial charge in [0, 0.05) is 11.2 Å². The van der Waals surface area contributed by atoms with E-state index in [2.05, 4.69) is 0 Å². The van der Waals surface area contributed by atoms with Crippen LogP contribution in [-0.2, 0) is 10.0 Å². The SMILES string of the molecule is CCN(c1ccc2sc(C(N)=O)cc2c1)S(=O)(=O)c1ccc(C)cc1. The molecule has 0 bridgehead atoms. The van der Waals surface area contributed by atoms with E-state index in [9.17, 15) is 13.2 Å². The molecule has 0 aliphatic carbocycles. The molecule has 3 aromatic rings. The Morgan fingerprint density at radius 2 is 1.80 bits per heavy atom. The predicted octanol–water partition coefficient (Wildman–Crippen LogP) is 3.52. The van der Waals surface area contributed by atoms with Crippen LogP contribution in [0.1, 0.15) is 22.2 Å². The number of sulfonamides is 1. The number of hydrogen-bond donors (Lipinski definition) is 1. The minimum atomic E-state index is -3.65. The lowest BCUT2D eigenvalue weighted by Gasteiger charge is -2.23.